The van der Waals surface area contributed by atoms with Crippen LogP contribution in [0, 0.1) is 12.8 Å². The number of nitrogens with zero attached hydrogens (tertiary/aromatic N) is 3. The molecule has 0 saturated carbocycles. The van der Waals surface area contributed by atoms with Gasteiger partial charge < -0.3 is 11.2 Å². The third-order valence-corrected chi connectivity index (χ3v) is 3.75. The summed E-state index contributed by atoms with van der Waals surface area (Å²) in [5.74, 6) is 3.30. The smallest absolute Gasteiger partial charge is 0.223 e. The third kappa shape index (κ3) is 6.01. The molecule has 2 heterocycles. The molecule has 0 aliphatic carbocycles. The minimum absolute atomic E-state index is 0. The Hall–Kier alpha value is -0.516. The maximum Gasteiger partial charge on any atom is 0.223 e. The van der Waals surface area contributed by atoms with Crippen molar-refractivity contribution in [1.82, 2.24) is 15.0 Å². The van der Waals surface area contributed by atoms with E-state index < -0.39 is 0 Å². The summed E-state index contributed by atoms with van der Waals surface area (Å²) in [6.45, 7) is 8.08. The molecule has 2 aromatic rings. The quantitative estimate of drug-likeness (QED) is 0.780. The van der Waals surface area contributed by atoms with Crippen LogP contribution >= 0.6 is 11.3 Å². The van der Waals surface area contributed by atoms with Crippen LogP contribution in [0.3, 0.4) is 0 Å². The van der Waals surface area contributed by atoms with Gasteiger partial charge in [-0.3, -0.25) is 4.98 Å². The van der Waals surface area contributed by atoms with Crippen LogP contribution in [0.1, 0.15) is 44.4 Å². The van der Waals surface area contributed by atoms with Gasteiger partial charge in [-0.1, -0.05) is 0 Å². The standard InChI is InChI=1S/C15H21N4S.Y/c1-10(2)14-17-12(4)18-15(19-14)16-11(3)5-6-13-7-8-20-9-13;/h7-9,11H,5-6H2,1-4H3,(H,16,17,18,19);/q-1;. The number of rotatable bonds is 6. The summed E-state index contributed by atoms with van der Waals surface area (Å²) in [4.78, 5) is 13.1. The van der Waals surface area contributed by atoms with E-state index in [0.29, 0.717) is 12.0 Å². The Balaban J connectivity index is 0.00000220. The third-order valence-electron chi connectivity index (χ3n) is 3.02. The van der Waals surface area contributed by atoms with E-state index in [2.05, 4.69) is 44.0 Å². The first kappa shape index (κ1) is 18.5. The van der Waals surface area contributed by atoms with Crippen LogP contribution in [0.2, 0.25) is 0 Å². The molecule has 111 valence electrons. The van der Waals surface area contributed by atoms with Crippen molar-refractivity contribution < 1.29 is 32.7 Å². The van der Waals surface area contributed by atoms with E-state index >= 15 is 0 Å². The molecule has 0 aliphatic heterocycles. The van der Waals surface area contributed by atoms with E-state index in [1.54, 1.807) is 11.3 Å². The molecule has 4 nitrogen and oxygen atoms in total. The first-order valence-corrected chi connectivity index (χ1v) is 7.79. The Morgan fingerprint density at radius 3 is 2.67 bits per heavy atom. The average Bonchev–Trinajstić information content (AvgIpc) is 2.88. The summed E-state index contributed by atoms with van der Waals surface area (Å²) in [6, 6.07) is 2.51. The molecule has 0 aromatic carbocycles. The molecule has 2 rings (SSSR count). The first-order chi connectivity index (χ1) is 9.54. The summed E-state index contributed by atoms with van der Waals surface area (Å²) in [7, 11) is 0. The van der Waals surface area contributed by atoms with Gasteiger partial charge in [0.2, 0.25) is 5.95 Å². The van der Waals surface area contributed by atoms with Gasteiger partial charge in [-0.25, -0.2) is 4.98 Å². The number of anilines is 1. The van der Waals surface area contributed by atoms with Crippen LogP contribution in [-0.4, -0.2) is 21.0 Å². The maximum absolute atomic E-state index is 4.45. The second kappa shape index (κ2) is 8.81. The van der Waals surface area contributed by atoms with Gasteiger partial charge in [-0.05, 0) is 49.1 Å². The van der Waals surface area contributed by atoms with E-state index in [0.717, 1.165) is 30.4 Å². The monoisotopic (exact) mass is 378 g/mol. The minimum Gasteiger partial charge on any atom is -0.352 e. The Morgan fingerprint density at radius 2 is 2.05 bits per heavy atom. The van der Waals surface area contributed by atoms with Crippen molar-refractivity contribution in [2.24, 2.45) is 0 Å². The second-order valence-corrected chi connectivity index (χ2v) is 6.03. The summed E-state index contributed by atoms with van der Waals surface area (Å²) >= 11 is 1.75. The molecule has 6 heteroatoms. The molecule has 21 heavy (non-hydrogen) atoms. The number of hydrogen-bond donors (Lipinski definition) is 1. The van der Waals surface area contributed by atoms with Crippen LogP contribution in [-0.2, 0) is 39.1 Å². The fourth-order valence-electron chi connectivity index (χ4n) is 1.88. The Bertz CT molecular complexity index is 543. The van der Waals surface area contributed by atoms with Gasteiger partial charge in [-0.15, -0.1) is 0 Å². The van der Waals surface area contributed by atoms with Gasteiger partial charge in [0.05, 0.1) is 0 Å². The van der Waals surface area contributed by atoms with Crippen molar-refractivity contribution in [2.45, 2.75) is 46.6 Å². The van der Waals surface area contributed by atoms with Crippen LogP contribution in [0.4, 0.5) is 5.95 Å². The summed E-state index contributed by atoms with van der Waals surface area (Å²) < 4.78 is 0. The van der Waals surface area contributed by atoms with Crippen molar-refractivity contribution in [3.63, 3.8) is 0 Å². The Labute approximate surface area is 156 Å². The van der Waals surface area contributed by atoms with Crippen molar-refractivity contribution in [1.29, 1.82) is 0 Å². The zero-order valence-electron chi connectivity index (χ0n) is 13.1. The molecule has 0 spiro atoms. The first-order valence-electron chi connectivity index (χ1n) is 6.85. The van der Waals surface area contributed by atoms with E-state index in [1.165, 1.54) is 5.56 Å². The minimum atomic E-state index is 0. The van der Waals surface area contributed by atoms with Crippen LogP contribution in [0.5, 0.6) is 0 Å². The van der Waals surface area contributed by atoms with Gasteiger partial charge in [0.15, 0.2) is 0 Å². The Morgan fingerprint density at radius 1 is 1.29 bits per heavy atom. The number of aromatic nitrogens is 3. The van der Waals surface area contributed by atoms with E-state index in [4.69, 9.17) is 0 Å². The molecule has 0 fully saturated rings. The molecule has 1 atom stereocenters. The van der Waals surface area contributed by atoms with Gasteiger partial charge in [0, 0.05) is 44.6 Å². The average molecular weight is 378 g/mol. The molecule has 1 unspecified atom stereocenters. The van der Waals surface area contributed by atoms with E-state index in [-0.39, 0.29) is 32.7 Å². The van der Waals surface area contributed by atoms with Crippen LogP contribution in [0.15, 0.2) is 16.8 Å². The largest absolute Gasteiger partial charge is 0.352 e. The number of aryl methyl sites for hydroxylation is 2. The molecule has 0 aliphatic rings. The molecule has 0 amide bonds. The summed E-state index contributed by atoms with van der Waals surface area (Å²) in [5, 5.41) is 7.69. The fourth-order valence-corrected chi connectivity index (χ4v) is 2.58. The summed E-state index contributed by atoms with van der Waals surface area (Å²) in [6.07, 6.45) is 2.14. The molecule has 1 N–H and O–H groups in total. The van der Waals surface area contributed by atoms with Gasteiger partial charge in [0.25, 0.3) is 0 Å². The normalized spacial score (nSPS) is 11.6. The number of thiophene rings is 1. The second-order valence-electron chi connectivity index (χ2n) is 5.25. The fraction of sp³-hybridized carbons (Fsp3) is 0.467. The van der Waals surface area contributed by atoms with Gasteiger partial charge >= 0.3 is 0 Å². The van der Waals surface area contributed by atoms with Crippen molar-refractivity contribution >= 4 is 17.3 Å². The molecular weight excluding hydrogens is 357 g/mol. The molecule has 0 bridgehead atoms. The van der Waals surface area contributed by atoms with Crippen molar-refractivity contribution in [3.05, 3.63) is 40.0 Å². The van der Waals surface area contributed by atoms with Crippen molar-refractivity contribution in [2.75, 3.05) is 5.32 Å². The summed E-state index contributed by atoms with van der Waals surface area (Å²) in [5.41, 5.74) is 1.40. The molecule has 1 radical (unpaired) electrons. The van der Waals surface area contributed by atoms with E-state index in [9.17, 15) is 0 Å². The zero-order valence-corrected chi connectivity index (χ0v) is 16.7. The maximum atomic E-state index is 4.45. The molecule has 0 saturated heterocycles. The van der Waals surface area contributed by atoms with Gasteiger partial charge in [-0.2, -0.15) is 30.2 Å². The Kier molecular flexibility index (Phi) is 7.78. The number of nitrogens with one attached hydrogen (secondary N) is 1. The molecule has 2 aromatic heterocycles. The van der Waals surface area contributed by atoms with Crippen LogP contribution in [0.25, 0.3) is 0 Å². The predicted octanol–water partition coefficient (Wildman–Crippen LogP) is 3.63. The van der Waals surface area contributed by atoms with Gasteiger partial charge in [0.1, 0.15) is 5.82 Å². The topological polar surface area (TPSA) is 50.7 Å². The van der Waals surface area contributed by atoms with Crippen LogP contribution < -0.4 is 5.32 Å². The zero-order chi connectivity index (χ0) is 14.5. The van der Waals surface area contributed by atoms with E-state index in [1.807, 2.05) is 20.8 Å². The molecular formula is C15H21N4SY-. The SMILES string of the molecule is Cc1nc(NC(C)CCc2ccsc2)nc([C-](C)C)n1.[Y]. The number of hydrogen-bond acceptors (Lipinski definition) is 5. The predicted molar refractivity (Wildman–Crippen MR) is 84.0 cm³/mol. The van der Waals surface area contributed by atoms with Crippen molar-refractivity contribution in [3.8, 4) is 0 Å².